The zero-order valence-corrected chi connectivity index (χ0v) is 18.7. The molecule has 1 amide bonds. The van der Waals surface area contributed by atoms with Gasteiger partial charge < -0.3 is 10.4 Å². The topological polar surface area (TPSA) is 105 Å². The number of benzene rings is 2. The van der Waals surface area contributed by atoms with E-state index in [-0.39, 0.29) is 23.1 Å². The van der Waals surface area contributed by atoms with Crippen molar-refractivity contribution in [3.63, 3.8) is 0 Å². The maximum atomic E-state index is 12.8. The second-order valence-electron chi connectivity index (χ2n) is 8.69. The molecule has 2 aromatic heterocycles. The molecule has 9 nitrogen and oxygen atoms in total. The van der Waals surface area contributed by atoms with Gasteiger partial charge in [0.1, 0.15) is 5.75 Å². The maximum absolute atomic E-state index is 12.8. The van der Waals surface area contributed by atoms with Crippen molar-refractivity contribution in [1.29, 1.82) is 0 Å². The van der Waals surface area contributed by atoms with Gasteiger partial charge in [0, 0.05) is 13.0 Å². The third kappa shape index (κ3) is 3.84. The molecular weight excluding hydrogens is 420 g/mol. The third-order valence-electron chi connectivity index (χ3n) is 6.43. The molecule has 0 bridgehead atoms. The summed E-state index contributed by atoms with van der Waals surface area (Å²) in [5, 5.41) is 22.0. The molecule has 9 heteroatoms. The van der Waals surface area contributed by atoms with E-state index >= 15 is 0 Å². The molecule has 170 valence electrons. The number of piperidine rings is 1. The van der Waals surface area contributed by atoms with Crippen LogP contribution in [0.2, 0.25) is 0 Å². The number of phenols is 1. The highest BCUT2D eigenvalue weighted by Gasteiger charge is 2.27. The van der Waals surface area contributed by atoms with Crippen LogP contribution in [0, 0.1) is 12.8 Å². The van der Waals surface area contributed by atoms with Crippen LogP contribution in [0.25, 0.3) is 16.7 Å². The van der Waals surface area contributed by atoms with E-state index in [1.54, 1.807) is 31.3 Å². The Bertz CT molecular complexity index is 1420. The van der Waals surface area contributed by atoms with Gasteiger partial charge >= 0.3 is 0 Å². The summed E-state index contributed by atoms with van der Waals surface area (Å²) in [6.45, 7) is 4.04. The summed E-state index contributed by atoms with van der Waals surface area (Å²) < 4.78 is 3.49. The van der Waals surface area contributed by atoms with Crippen LogP contribution in [0.3, 0.4) is 0 Å². The molecule has 0 saturated carbocycles. The van der Waals surface area contributed by atoms with E-state index in [4.69, 9.17) is 0 Å². The van der Waals surface area contributed by atoms with Gasteiger partial charge in [-0.2, -0.15) is 0 Å². The van der Waals surface area contributed by atoms with Gasteiger partial charge in [0.05, 0.1) is 23.1 Å². The number of fused-ring (bicyclic) bond motifs is 3. The number of hydrogen-bond acceptors (Lipinski definition) is 6. The number of likely N-dealkylation sites (tertiary alicyclic amines) is 1. The molecule has 1 fully saturated rings. The van der Waals surface area contributed by atoms with Crippen LogP contribution >= 0.6 is 0 Å². The van der Waals surface area contributed by atoms with Crippen LogP contribution < -0.4 is 10.9 Å². The molecule has 1 aliphatic heterocycles. The number of hydrogen-bond donors (Lipinski definition) is 2. The van der Waals surface area contributed by atoms with Gasteiger partial charge in [0.25, 0.3) is 5.56 Å². The zero-order chi connectivity index (χ0) is 23.1. The number of rotatable bonds is 4. The lowest BCUT2D eigenvalue weighted by atomic mass is 9.95. The van der Waals surface area contributed by atoms with Crippen LogP contribution in [-0.4, -0.2) is 48.2 Å². The minimum absolute atomic E-state index is 0.0683. The van der Waals surface area contributed by atoms with E-state index in [0.717, 1.165) is 30.0 Å². The van der Waals surface area contributed by atoms with Gasteiger partial charge in [-0.25, -0.2) is 0 Å². The number of phenolic OH excluding ortho intramolecular Hbond substituents is 1. The molecule has 0 unspecified atom stereocenters. The summed E-state index contributed by atoms with van der Waals surface area (Å²) in [6.07, 6.45) is 1.43. The lowest BCUT2D eigenvalue weighted by Gasteiger charge is -2.30. The Hall–Kier alpha value is -3.72. The second-order valence-corrected chi connectivity index (χ2v) is 8.69. The van der Waals surface area contributed by atoms with Gasteiger partial charge in [0.15, 0.2) is 5.82 Å². The van der Waals surface area contributed by atoms with Crippen LogP contribution in [0.15, 0.2) is 47.3 Å². The molecule has 3 heterocycles. The van der Waals surface area contributed by atoms with Crippen molar-refractivity contribution in [3.8, 4) is 5.75 Å². The Kier molecular flexibility index (Phi) is 5.33. The normalized spacial score (nSPS) is 15.3. The van der Waals surface area contributed by atoms with Gasteiger partial charge in [0.2, 0.25) is 11.7 Å². The molecule has 1 aliphatic rings. The first-order valence-corrected chi connectivity index (χ1v) is 11.1. The molecule has 0 aliphatic carbocycles. The highest BCUT2D eigenvalue weighted by Crippen LogP contribution is 2.25. The highest BCUT2D eigenvalue weighted by atomic mass is 16.3. The second kappa shape index (κ2) is 8.32. The summed E-state index contributed by atoms with van der Waals surface area (Å²) in [7, 11) is 1.71. The van der Waals surface area contributed by atoms with Crippen LogP contribution in [0.1, 0.15) is 24.2 Å². The fraction of sp³-hybridized carbons (Fsp3) is 0.333. The van der Waals surface area contributed by atoms with E-state index in [9.17, 15) is 14.7 Å². The van der Waals surface area contributed by atoms with E-state index < -0.39 is 0 Å². The molecule has 0 atom stereocenters. The van der Waals surface area contributed by atoms with E-state index in [0.29, 0.717) is 36.2 Å². The molecule has 1 saturated heterocycles. The van der Waals surface area contributed by atoms with Crippen molar-refractivity contribution in [2.45, 2.75) is 26.3 Å². The Morgan fingerprint density at radius 2 is 1.91 bits per heavy atom. The van der Waals surface area contributed by atoms with Crippen molar-refractivity contribution in [2.24, 2.45) is 13.0 Å². The molecule has 0 radical (unpaired) electrons. The average molecular weight is 447 g/mol. The summed E-state index contributed by atoms with van der Waals surface area (Å²) in [5.41, 5.74) is 2.18. The van der Waals surface area contributed by atoms with Gasteiger partial charge in [-0.1, -0.05) is 23.8 Å². The lowest BCUT2D eigenvalue weighted by Crippen LogP contribution is -2.38. The highest BCUT2D eigenvalue weighted by molar-refractivity contribution is 5.93. The smallest absolute Gasteiger partial charge is 0.262 e. The van der Waals surface area contributed by atoms with Crippen LogP contribution in [0.5, 0.6) is 5.75 Å². The third-order valence-corrected chi connectivity index (χ3v) is 6.43. The summed E-state index contributed by atoms with van der Waals surface area (Å²) in [6, 6.07) is 12.6. The number of carbonyl (C=O) groups is 1. The predicted molar refractivity (Wildman–Crippen MR) is 125 cm³/mol. The van der Waals surface area contributed by atoms with E-state index in [1.165, 1.54) is 4.57 Å². The van der Waals surface area contributed by atoms with Crippen molar-refractivity contribution in [2.75, 3.05) is 18.4 Å². The number of nitrogens with one attached hydrogen (secondary N) is 1. The fourth-order valence-corrected chi connectivity index (χ4v) is 4.53. The van der Waals surface area contributed by atoms with Crippen molar-refractivity contribution in [3.05, 3.63) is 64.2 Å². The van der Waals surface area contributed by atoms with Crippen molar-refractivity contribution >= 4 is 28.3 Å². The van der Waals surface area contributed by atoms with Crippen LogP contribution in [0.4, 0.5) is 5.69 Å². The van der Waals surface area contributed by atoms with Crippen LogP contribution in [-0.2, 0) is 18.4 Å². The zero-order valence-electron chi connectivity index (χ0n) is 18.7. The maximum Gasteiger partial charge on any atom is 0.262 e. The predicted octanol–water partition coefficient (Wildman–Crippen LogP) is 2.45. The van der Waals surface area contributed by atoms with Gasteiger partial charge in [-0.05, 0) is 57.1 Å². The van der Waals surface area contributed by atoms with Crippen molar-refractivity contribution in [1.82, 2.24) is 24.1 Å². The van der Waals surface area contributed by atoms with E-state index in [2.05, 4.69) is 20.4 Å². The standard InChI is InChI=1S/C24H26N6O3/c1-15-7-8-19-17(13-15)23(33)28(2)24-27-26-21(30(19)24)14-29-11-9-16(10-12-29)22(32)25-18-5-3-4-6-20(18)31/h3-8,13,16,31H,9-12,14H2,1-2H3,(H,25,32). The molecule has 33 heavy (non-hydrogen) atoms. The summed E-state index contributed by atoms with van der Waals surface area (Å²) >= 11 is 0. The van der Waals surface area contributed by atoms with Crippen molar-refractivity contribution < 1.29 is 9.90 Å². The fourth-order valence-electron chi connectivity index (χ4n) is 4.53. The minimum Gasteiger partial charge on any atom is -0.506 e. The average Bonchev–Trinajstić information content (AvgIpc) is 3.23. The van der Waals surface area contributed by atoms with E-state index in [1.807, 2.05) is 29.5 Å². The number of carbonyl (C=O) groups excluding carboxylic acids is 1. The Morgan fingerprint density at radius 3 is 2.67 bits per heavy atom. The first kappa shape index (κ1) is 21.1. The number of anilines is 1. The molecule has 5 rings (SSSR count). The lowest BCUT2D eigenvalue weighted by molar-refractivity contribution is -0.121. The monoisotopic (exact) mass is 446 g/mol. The van der Waals surface area contributed by atoms with Gasteiger partial charge in [-0.3, -0.25) is 23.5 Å². The molecular formula is C24H26N6O3. The molecule has 4 aromatic rings. The molecule has 2 N–H and O–H groups in total. The summed E-state index contributed by atoms with van der Waals surface area (Å²) in [4.78, 5) is 27.7. The number of aryl methyl sites for hydroxylation is 2. The minimum atomic E-state index is -0.111. The first-order chi connectivity index (χ1) is 15.9. The SMILES string of the molecule is Cc1ccc2c(c1)c(=O)n(C)c1nnc(CN3CCC(C(=O)Nc4ccccc4O)CC3)n21. The first-order valence-electron chi connectivity index (χ1n) is 11.1. The summed E-state index contributed by atoms with van der Waals surface area (Å²) in [5.74, 6) is 1.18. The molecule has 0 spiro atoms. The molecule has 2 aromatic carbocycles. The van der Waals surface area contributed by atoms with Gasteiger partial charge in [-0.15, -0.1) is 10.2 Å². The quantitative estimate of drug-likeness (QED) is 0.467. The number of nitrogens with zero attached hydrogens (tertiary/aromatic N) is 5. The number of amides is 1. The Morgan fingerprint density at radius 1 is 1.15 bits per heavy atom. The number of aromatic nitrogens is 4. The number of para-hydroxylation sites is 2. The Balaban J connectivity index is 1.33. The number of aromatic hydroxyl groups is 1. The Labute approximate surface area is 190 Å². The largest absolute Gasteiger partial charge is 0.506 e.